The lowest BCUT2D eigenvalue weighted by molar-refractivity contribution is -0.384. The number of benzene rings is 1. The second kappa shape index (κ2) is 4.74. The predicted molar refractivity (Wildman–Crippen MR) is 61.7 cm³/mol. The predicted octanol–water partition coefficient (Wildman–Crippen LogP) is 1.61. The van der Waals surface area contributed by atoms with Crippen molar-refractivity contribution < 1.29 is 9.66 Å². The zero-order chi connectivity index (χ0) is 12.3. The number of hydrogen-bond acceptors (Lipinski definition) is 7. The molecule has 0 radical (unpaired) electrons. The molecule has 2 rings (SSSR count). The Balaban J connectivity index is 2.07. The second-order valence-electron chi connectivity index (χ2n) is 3.13. The van der Waals surface area contributed by atoms with Gasteiger partial charge in [-0.1, -0.05) is 10.6 Å². The fourth-order valence-electron chi connectivity index (χ4n) is 1.15. The molecule has 0 bridgehead atoms. The summed E-state index contributed by atoms with van der Waals surface area (Å²) in [7, 11) is 0. The number of nitrogen functional groups attached to an aromatic ring is 1. The number of anilines is 1. The molecule has 8 heteroatoms. The van der Waals surface area contributed by atoms with Crippen LogP contribution in [0, 0.1) is 10.1 Å². The Labute approximate surface area is 100 Å². The summed E-state index contributed by atoms with van der Waals surface area (Å²) in [5.74, 6) is 0.395. The normalized spacial score (nSPS) is 10.1. The smallest absolute Gasteiger partial charge is 0.273 e. The molecule has 0 aliphatic heterocycles. The van der Waals surface area contributed by atoms with E-state index < -0.39 is 4.92 Å². The lowest BCUT2D eigenvalue weighted by Crippen LogP contribution is -1.99. The third kappa shape index (κ3) is 2.67. The van der Waals surface area contributed by atoms with Gasteiger partial charge in [-0.2, -0.15) is 0 Å². The highest BCUT2D eigenvalue weighted by molar-refractivity contribution is 7.09. The van der Waals surface area contributed by atoms with Crippen LogP contribution < -0.4 is 10.5 Å². The van der Waals surface area contributed by atoms with Gasteiger partial charge >= 0.3 is 0 Å². The number of rotatable bonds is 4. The van der Waals surface area contributed by atoms with Crippen molar-refractivity contribution in [2.75, 3.05) is 5.73 Å². The summed E-state index contributed by atoms with van der Waals surface area (Å²) in [6.45, 7) is 0.142. The van der Waals surface area contributed by atoms with Crippen molar-refractivity contribution in [2.24, 2.45) is 0 Å². The summed E-state index contributed by atoms with van der Waals surface area (Å²) in [6, 6.07) is 5.92. The van der Waals surface area contributed by atoms with Crippen LogP contribution >= 0.6 is 11.5 Å². The maximum atomic E-state index is 10.5. The minimum absolute atomic E-state index is 0.0214. The summed E-state index contributed by atoms with van der Waals surface area (Å²) >= 11 is 1.08. The number of hydrogen-bond donors (Lipinski definition) is 1. The summed E-state index contributed by atoms with van der Waals surface area (Å²) in [4.78, 5) is 10.1. The molecule has 0 unspecified atom stereocenters. The van der Waals surface area contributed by atoms with Crippen molar-refractivity contribution >= 4 is 22.2 Å². The SMILES string of the molecule is Nc1snnc1COc1cccc([N+](=O)[O-])c1. The zero-order valence-electron chi connectivity index (χ0n) is 8.57. The molecule has 0 saturated carbocycles. The van der Waals surface area contributed by atoms with E-state index in [2.05, 4.69) is 9.59 Å². The van der Waals surface area contributed by atoms with Gasteiger partial charge in [-0.3, -0.25) is 10.1 Å². The van der Waals surface area contributed by atoms with Gasteiger partial charge in [0.15, 0.2) is 0 Å². The Morgan fingerprint density at radius 3 is 3.00 bits per heavy atom. The van der Waals surface area contributed by atoms with Crippen molar-refractivity contribution in [1.29, 1.82) is 0 Å². The van der Waals surface area contributed by atoms with Crippen molar-refractivity contribution in [1.82, 2.24) is 9.59 Å². The van der Waals surface area contributed by atoms with Crippen molar-refractivity contribution in [2.45, 2.75) is 6.61 Å². The first-order valence-corrected chi connectivity index (χ1v) is 5.38. The maximum absolute atomic E-state index is 10.5. The highest BCUT2D eigenvalue weighted by atomic mass is 32.1. The number of non-ortho nitro benzene ring substituents is 1. The molecule has 1 heterocycles. The minimum Gasteiger partial charge on any atom is -0.487 e. The van der Waals surface area contributed by atoms with Crippen LogP contribution in [0.3, 0.4) is 0 Å². The summed E-state index contributed by atoms with van der Waals surface area (Å²) in [6.07, 6.45) is 0. The first kappa shape index (κ1) is 11.3. The van der Waals surface area contributed by atoms with Gasteiger partial charge in [0, 0.05) is 17.6 Å². The Hall–Kier alpha value is -2.22. The van der Waals surface area contributed by atoms with Gasteiger partial charge in [-0.25, -0.2) is 0 Å². The maximum Gasteiger partial charge on any atom is 0.273 e. The Bertz CT molecular complexity index is 543. The third-order valence-corrected chi connectivity index (χ3v) is 2.58. The van der Waals surface area contributed by atoms with Crippen LogP contribution in [0.1, 0.15) is 5.69 Å². The van der Waals surface area contributed by atoms with Crippen LogP contribution in [0.4, 0.5) is 10.7 Å². The molecule has 0 spiro atoms. The number of ether oxygens (including phenoxy) is 1. The van der Waals surface area contributed by atoms with E-state index in [9.17, 15) is 10.1 Å². The number of nitrogens with zero attached hydrogens (tertiary/aromatic N) is 3. The fraction of sp³-hybridized carbons (Fsp3) is 0.111. The topological polar surface area (TPSA) is 104 Å². The van der Waals surface area contributed by atoms with Crippen LogP contribution in [0.2, 0.25) is 0 Å². The molecular formula is C9H8N4O3S. The van der Waals surface area contributed by atoms with E-state index in [0.717, 1.165) is 11.5 Å². The molecule has 0 aliphatic rings. The summed E-state index contributed by atoms with van der Waals surface area (Å²) in [5, 5.41) is 14.8. The summed E-state index contributed by atoms with van der Waals surface area (Å²) in [5.41, 5.74) is 6.10. The van der Waals surface area contributed by atoms with Gasteiger partial charge in [0.25, 0.3) is 5.69 Å². The van der Waals surface area contributed by atoms with E-state index in [1.807, 2.05) is 0 Å². The Morgan fingerprint density at radius 2 is 2.35 bits per heavy atom. The number of aromatic nitrogens is 2. The minimum atomic E-state index is -0.481. The Morgan fingerprint density at radius 1 is 1.53 bits per heavy atom. The third-order valence-electron chi connectivity index (χ3n) is 1.99. The molecule has 7 nitrogen and oxygen atoms in total. The molecule has 0 atom stereocenters. The highest BCUT2D eigenvalue weighted by Crippen LogP contribution is 2.21. The van der Waals surface area contributed by atoms with Gasteiger partial charge in [-0.15, -0.1) is 5.10 Å². The van der Waals surface area contributed by atoms with Crippen LogP contribution in [0.15, 0.2) is 24.3 Å². The molecule has 1 aromatic carbocycles. The molecule has 2 aromatic rings. The molecule has 1 aromatic heterocycles. The van der Waals surface area contributed by atoms with Gasteiger partial charge < -0.3 is 10.5 Å². The fourth-order valence-corrected chi connectivity index (χ4v) is 1.59. The van der Waals surface area contributed by atoms with E-state index in [1.54, 1.807) is 12.1 Å². The van der Waals surface area contributed by atoms with Crippen molar-refractivity contribution in [3.05, 3.63) is 40.1 Å². The van der Waals surface area contributed by atoms with Gasteiger partial charge in [-0.05, 0) is 6.07 Å². The molecule has 0 amide bonds. The van der Waals surface area contributed by atoms with Gasteiger partial charge in [0.05, 0.1) is 11.0 Å². The molecule has 88 valence electrons. The zero-order valence-corrected chi connectivity index (χ0v) is 9.38. The van der Waals surface area contributed by atoms with E-state index >= 15 is 0 Å². The molecule has 17 heavy (non-hydrogen) atoms. The molecule has 0 fully saturated rings. The quantitative estimate of drug-likeness (QED) is 0.654. The highest BCUT2D eigenvalue weighted by Gasteiger charge is 2.08. The monoisotopic (exact) mass is 252 g/mol. The second-order valence-corrected chi connectivity index (χ2v) is 3.91. The number of nitro groups is 1. The van der Waals surface area contributed by atoms with Crippen molar-refractivity contribution in [3.8, 4) is 5.75 Å². The van der Waals surface area contributed by atoms with Gasteiger partial charge in [0.2, 0.25) is 0 Å². The Kier molecular flexibility index (Phi) is 3.15. The standard InChI is InChI=1S/C9H8N4O3S/c10-9-8(11-12-17-9)5-16-7-3-1-2-6(4-7)13(14)15/h1-4H,5,10H2. The van der Waals surface area contributed by atoms with Crippen LogP contribution in [-0.4, -0.2) is 14.5 Å². The lowest BCUT2D eigenvalue weighted by Gasteiger charge is -2.03. The molecule has 2 N–H and O–H groups in total. The number of nitrogens with two attached hydrogens (primary N) is 1. The van der Waals surface area contributed by atoms with E-state index in [1.165, 1.54) is 12.1 Å². The van der Waals surface area contributed by atoms with Crippen LogP contribution in [0.5, 0.6) is 5.75 Å². The van der Waals surface area contributed by atoms with Gasteiger partial charge in [0.1, 0.15) is 23.1 Å². The molecule has 0 aliphatic carbocycles. The largest absolute Gasteiger partial charge is 0.487 e. The van der Waals surface area contributed by atoms with E-state index in [4.69, 9.17) is 10.5 Å². The van der Waals surface area contributed by atoms with E-state index in [0.29, 0.717) is 16.4 Å². The van der Waals surface area contributed by atoms with Crippen LogP contribution in [0.25, 0.3) is 0 Å². The van der Waals surface area contributed by atoms with Crippen LogP contribution in [-0.2, 0) is 6.61 Å². The molecular weight excluding hydrogens is 244 g/mol. The van der Waals surface area contributed by atoms with E-state index in [-0.39, 0.29) is 12.3 Å². The average Bonchev–Trinajstić information content (AvgIpc) is 2.72. The molecule has 0 saturated heterocycles. The van der Waals surface area contributed by atoms with Crippen molar-refractivity contribution in [3.63, 3.8) is 0 Å². The summed E-state index contributed by atoms with van der Waals surface area (Å²) < 4.78 is 9.00. The first-order valence-electron chi connectivity index (χ1n) is 4.61. The first-order chi connectivity index (χ1) is 8.16. The average molecular weight is 252 g/mol. The lowest BCUT2D eigenvalue weighted by atomic mass is 10.3. The number of nitro benzene ring substituents is 1.